The molecule has 2 N–H and O–H groups in total. The van der Waals surface area contributed by atoms with Crippen LogP contribution in [0.3, 0.4) is 0 Å². The monoisotopic (exact) mass is 297 g/mol. The van der Waals surface area contributed by atoms with Crippen LogP contribution >= 0.6 is 0 Å². The average molecular weight is 297 g/mol. The molecule has 1 amide bonds. The molecule has 1 unspecified atom stereocenters. The van der Waals surface area contributed by atoms with Gasteiger partial charge in [-0.15, -0.1) is 0 Å². The molecule has 1 aromatic rings. The van der Waals surface area contributed by atoms with Crippen molar-refractivity contribution in [2.24, 2.45) is 0 Å². The van der Waals surface area contributed by atoms with Crippen LogP contribution in [-0.4, -0.2) is 51.2 Å². The van der Waals surface area contributed by atoms with Gasteiger partial charge in [0.2, 0.25) is 10.0 Å². The number of sulfonamides is 1. The molecule has 1 fully saturated rings. The zero-order chi connectivity index (χ0) is 14.8. The van der Waals surface area contributed by atoms with E-state index in [2.05, 4.69) is 10.0 Å². The lowest BCUT2D eigenvalue weighted by Gasteiger charge is -2.32. The van der Waals surface area contributed by atoms with Crippen molar-refractivity contribution < 1.29 is 13.2 Å². The lowest BCUT2D eigenvalue weighted by atomic mass is 10.1. The number of benzene rings is 1. The zero-order valence-corrected chi connectivity index (χ0v) is 12.4. The minimum Gasteiger partial charge on any atom is -0.336 e. The number of nitrogens with zero attached hydrogens (tertiary/aromatic N) is 1. The van der Waals surface area contributed by atoms with E-state index in [1.807, 2.05) is 6.92 Å². The number of carbonyl (C=O) groups excluding carboxylic acids is 1. The van der Waals surface area contributed by atoms with Crippen molar-refractivity contribution in [1.29, 1.82) is 0 Å². The number of carbonyl (C=O) groups is 1. The van der Waals surface area contributed by atoms with Crippen molar-refractivity contribution in [2.75, 3.05) is 30.6 Å². The lowest BCUT2D eigenvalue weighted by molar-refractivity contribution is 0.0710. The van der Waals surface area contributed by atoms with Crippen molar-refractivity contribution in [3.63, 3.8) is 0 Å². The van der Waals surface area contributed by atoms with Crippen LogP contribution in [0, 0.1) is 0 Å². The summed E-state index contributed by atoms with van der Waals surface area (Å²) in [5, 5.41) is 3.27. The standard InChI is InChI=1S/C13H19N3O3S/c1-10-9-16(8-7-14-10)13(17)11-5-3-4-6-12(11)15-20(2,18)19/h3-6,10,14-15H,7-9H2,1-2H3. The van der Waals surface area contributed by atoms with Crippen molar-refractivity contribution >= 4 is 21.6 Å². The molecular formula is C13H19N3O3S. The van der Waals surface area contributed by atoms with Crippen LogP contribution in [0.5, 0.6) is 0 Å². The predicted octanol–water partition coefficient (Wildman–Crippen LogP) is 0.492. The summed E-state index contributed by atoms with van der Waals surface area (Å²) < 4.78 is 25.1. The van der Waals surface area contributed by atoms with Crippen LogP contribution in [0.25, 0.3) is 0 Å². The van der Waals surface area contributed by atoms with Crippen molar-refractivity contribution in [1.82, 2.24) is 10.2 Å². The van der Waals surface area contributed by atoms with Crippen LogP contribution in [0.1, 0.15) is 17.3 Å². The van der Waals surface area contributed by atoms with E-state index in [-0.39, 0.29) is 11.9 Å². The zero-order valence-electron chi connectivity index (χ0n) is 11.6. The highest BCUT2D eigenvalue weighted by molar-refractivity contribution is 7.92. The Kier molecular flexibility index (Phi) is 4.29. The second-order valence-electron chi connectivity index (χ2n) is 5.03. The number of anilines is 1. The largest absolute Gasteiger partial charge is 0.336 e. The number of nitrogens with one attached hydrogen (secondary N) is 2. The minimum absolute atomic E-state index is 0.148. The molecule has 0 radical (unpaired) electrons. The summed E-state index contributed by atoms with van der Waals surface area (Å²) in [5.41, 5.74) is 0.707. The Morgan fingerprint density at radius 2 is 2.10 bits per heavy atom. The Hall–Kier alpha value is -1.60. The molecule has 1 atom stereocenters. The molecule has 0 aromatic heterocycles. The van der Waals surface area contributed by atoms with Gasteiger partial charge >= 0.3 is 0 Å². The molecule has 7 heteroatoms. The summed E-state index contributed by atoms with van der Waals surface area (Å²) in [6, 6.07) is 6.90. The SMILES string of the molecule is CC1CN(C(=O)c2ccccc2NS(C)(=O)=O)CCN1. The molecule has 0 saturated carbocycles. The van der Waals surface area contributed by atoms with E-state index in [4.69, 9.17) is 0 Å². The minimum atomic E-state index is -3.41. The first-order valence-electron chi connectivity index (χ1n) is 6.46. The van der Waals surface area contributed by atoms with E-state index in [1.165, 1.54) is 0 Å². The maximum absolute atomic E-state index is 12.5. The molecule has 0 aliphatic carbocycles. The summed E-state index contributed by atoms with van der Waals surface area (Å²) >= 11 is 0. The summed E-state index contributed by atoms with van der Waals surface area (Å²) in [6.07, 6.45) is 1.07. The summed E-state index contributed by atoms with van der Waals surface area (Å²) in [7, 11) is -3.41. The number of piperazine rings is 1. The Balaban J connectivity index is 2.25. The first-order chi connectivity index (χ1) is 9.37. The Morgan fingerprint density at radius 1 is 1.40 bits per heavy atom. The van der Waals surface area contributed by atoms with E-state index in [1.54, 1.807) is 29.2 Å². The van der Waals surface area contributed by atoms with Gasteiger partial charge in [0.1, 0.15) is 0 Å². The smallest absolute Gasteiger partial charge is 0.256 e. The highest BCUT2D eigenvalue weighted by atomic mass is 32.2. The topological polar surface area (TPSA) is 78.5 Å². The highest BCUT2D eigenvalue weighted by Crippen LogP contribution is 2.19. The first-order valence-corrected chi connectivity index (χ1v) is 8.35. The van der Waals surface area contributed by atoms with Crippen LogP contribution in [0.4, 0.5) is 5.69 Å². The third kappa shape index (κ3) is 3.71. The number of hydrogen-bond acceptors (Lipinski definition) is 4. The molecule has 110 valence electrons. The Bertz CT molecular complexity index is 601. The fraction of sp³-hybridized carbons (Fsp3) is 0.462. The van der Waals surface area contributed by atoms with Gasteiger partial charge in [0, 0.05) is 25.7 Å². The predicted molar refractivity (Wildman–Crippen MR) is 78.3 cm³/mol. The van der Waals surface area contributed by atoms with Crippen LogP contribution in [0.15, 0.2) is 24.3 Å². The molecule has 1 aliphatic rings. The normalized spacial score (nSPS) is 19.7. The molecule has 0 spiro atoms. The molecule has 20 heavy (non-hydrogen) atoms. The number of rotatable bonds is 3. The van der Waals surface area contributed by atoms with Gasteiger partial charge in [-0.05, 0) is 19.1 Å². The van der Waals surface area contributed by atoms with Crippen molar-refractivity contribution in [2.45, 2.75) is 13.0 Å². The molecule has 1 aromatic carbocycles. The van der Waals surface area contributed by atoms with Gasteiger partial charge in [-0.2, -0.15) is 0 Å². The van der Waals surface area contributed by atoms with Gasteiger partial charge in [0.15, 0.2) is 0 Å². The number of para-hydroxylation sites is 1. The van der Waals surface area contributed by atoms with Crippen LogP contribution in [0.2, 0.25) is 0 Å². The summed E-state index contributed by atoms with van der Waals surface area (Å²) in [6.45, 7) is 4.00. The van der Waals surface area contributed by atoms with Gasteiger partial charge in [-0.3, -0.25) is 9.52 Å². The molecular weight excluding hydrogens is 278 g/mol. The second-order valence-corrected chi connectivity index (χ2v) is 6.77. The fourth-order valence-corrected chi connectivity index (χ4v) is 2.82. The molecule has 6 nitrogen and oxygen atoms in total. The highest BCUT2D eigenvalue weighted by Gasteiger charge is 2.23. The summed E-state index contributed by atoms with van der Waals surface area (Å²) in [4.78, 5) is 14.3. The van der Waals surface area contributed by atoms with E-state index in [0.29, 0.717) is 24.3 Å². The van der Waals surface area contributed by atoms with Crippen LogP contribution < -0.4 is 10.0 Å². The second kappa shape index (κ2) is 5.80. The maximum Gasteiger partial charge on any atom is 0.256 e. The van der Waals surface area contributed by atoms with Gasteiger partial charge < -0.3 is 10.2 Å². The van der Waals surface area contributed by atoms with Crippen molar-refractivity contribution in [3.8, 4) is 0 Å². The molecule has 1 aliphatic heterocycles. The Labute approximate surface area is 119 Å². The molecule has 0 bridgehead atoms. The molecule has 2 rings (SSSR count). The van der Waals surface area contributed by atoms with Crippen LogP contribution in [-0.2, 0) is 10.0 Å². The quantitative estimate of drug-likeness (QED) is 0.851. The van der Waals surface area contributed by atoms with Gasteiger partial charge in [-0.25, -0.2) is 8.42 Å². The third-order valence-electron chi connectivity index (χ3n) is 3.11. The average Bonchev–Trinajstić information content (AvgIpc) is 2.37. The van der Waals surface area contributed by atoms with E-state index in [0.717, 1.165) is 12.8 Å². The fourth-order valence-electron chi connectivity index (χ4n) is 2.25. The molecule has 1 saturated heterocycles. The maximum atomic E-state index is 12.5. The Morgan fingerprint density at radius 3 is 2.75 bits per heavy atom. The van der Waals surface area contributed by atoms with Crippen molar-refractivity contribution in [3.05, 3.63) is 29.8 Å². The summed E-state index contributed by atoms with van der Waals surface area (Å²) in [5.74, 6) is -0.148. The van der Waals surface area contributed by atoms with Gasteiger partial charge in [0.25, 0.3) is 5.91 Å². The van der Waals surface area contributed by atoms with E-state index < -0.39 is 10.0 Å². The van der Waals surface area contributed by atoms with Gasteiger partial charge in [-0.1, -0.05) is 12.1 Å². The third-order valence-corrected chi connectivity index (χ3v) is 3.70. The van der Waals surface area contributed by atoms with E-state index >= 15 is 0 Å². The number of amides is 1. The van der Waals surface area contributed by atoms with Gasteiger partial charge in [0.05, 0.1) is 17.5 Å². The number of hydrogen-bond donors (Lipinski definition) is 2. The molecule has 1 heterocycles. The first kappa shape index (κ1) is 14.8. The van der Waals surface area contributed by atoms with E-state index in [9.17, 15) is 13.2 Å². The lowest BCUT2D eigenvalue weighted by Crippen LogP contribution is -2.51.